The molecule has 0 saturated carbocycles. The molecule has 0 N–H and O–H groups in total. The van der Waals surface area contributed by atoms with Crippen LogP contribution < -0.4 is 4.74 Å². The van der Waals surface area contributed by atoms with E-state index in [0.29, 0.717) is 25.9 Å². The monoisotopic (exact) mass is 285 g/mol. The number of halogens is 2. The molecule has 1 aliphatic rings. The van der Waals surface area contributed by atoms with Gasteiger partial charge in [-0.25, -0.2) is 4.39 Å². The van der Waals surface area contributed by atoms with Gasteiger partial charge in [0.15, 0.2) is 6.61 Å². The number of likely N-dealkylation sites (tertiary alicyclic amines) is 1. The number of nitrogens with zero attached hydrogens (tertiary/aromatic N) is 1. The van der Waals surface area contributed by atoms with Gasteiger partial charge >= 0.3 is 0 Å². The Labute approximate surface area is 115 Å². The summed E-state index contributed by atoms with van der Waals surface area (Å²) in [5.74, 6) is -0.220. The maximum atomic E-state index is 12.8. The largest absolute Gasteiger partial charge is 0.482 e. The average molecular weight is 286 g/mol. The highest BCUT2D eigenvalue weighted by Crippen LogP contribution is 2.24. The average Bonchev–Trinajstić information content (AvgIpc) is 2.38. The summed E-state index contributed by atoms with van der Waals surface area (Å²) in [6.45, 7) is 0.690. The minimum Gasteiger partial charge on any atom is -0.482 e. The van der Waals surface area contributed by atoms with Crippen molar-refractivity contribution >= 4 is 23.3 Å². The van der Waals surface area contributed by atoms with Crippen molar-refractivity contribution in [2.75, 3.05) is 19.7 Å². The van der Waals surface area contributed by atoms with Gasteiger partial charge in [0, 0.05) is 25.9 Å². The van der Waals surface area contributed by atoms with Crippen LogP contribution in [0.1, 0.15) is 12.8 Å². The predicted octanol–water partition coefficient (Wildman–Crippen LogP) is 2.05. The van der Waals surface area contributed by atoms with E-state index in [1.165, 1.54) is 12.1 Å². The van der Waals surface area contributed by atoms with E-state index in [2.05, 4.69) is 0 Å². The number of amides is 1. The highest BCUT2D eigenvalue weighted by Gasteiger charge is 2.21. The number of ether oxygens (including phenoxy) is 1. The Morgan fingerprint density at radius 2 is 2.05 bits per heavy atom. The number of hydrogen-bond donors (Lipinski definition) is 0. The van der Waals surface area contributed by atoms with E-state index in [1.807, 2.05) is 0 Å². The number of carbonyl (C=O) groups is 2. The van der Waals surface area contributed by atoms with Crippen molar-refractivity contribution in [1.82, 2.24) is 4.90 Å². The van der Waals surface area contributed by atoms with E-state index in [1.54, 1.807) is 4.90 Å². The molecule has 2 rings (SSSR count). The Balaban J connectivity index is 1.88. The molecule has 19 heavy (non-hydrogen) atoms. The number of ketones is 1. The molecule has 0 aromatic heterocycles. The first kappa shape index (κ1) is 13.8. The Hall–Kier alpha value is -1.62. The number of carbonyl (C=O) groups excluding carboxylic acids is 2. The number of piperidine rings is 1. The van der Waals surface area contributed by atoms with Gasteiger partial charge in [-0.3, -0.25) is 9.59 Å². The maximum Gasteiger partial charge on any atom is 0.260 e. The van der Waals surface area contributed by atoms with Crippen LogP contribution in [0.15, 0.2) is 18.2 Å². The molecule has 0 spiro atoms. The first-order valence-electron chi connectivity index (χ1n) is 5.93. The Morgan fingerprint density at radius 1 is 1.37 bits per heavy atom. The van der Waals surface area contributed by atoms with Crippen LogP contribution in [0, 0.1) is 5.82 Å². The molecule has 6 heteroatoms. The molecule has 1 aromatic rings. The Kier molecular flexibility index (Phi) is 4.37. The van der Waals surface area contributed by atoms with E-state index >= 15 is 0 Å². The van der Waals surface area contributed by atoms with E-state index in [4.69, 9.17) is 16.3 Å². The van der Waals surface area contributed by atoms with Gasteiger partial charge < -0.3 is 9.64 Å². The Bertz CT molecular complexity index is 497. The van der Waals surface area contributed by atoms with E-state index < -0.39 is 5.82 Å². The molecule has 0 radical (unpaired) electrons. The summed E-state index contributed by atoms with van der Waals surface area (Å²) >= 11 is 5.78. The van der Waals surface area contributed by atoms with Crippen molar-refractivity contribution in [3.05, 3.63) is 29.0 Å². The summed E-state index contributed by atoms with van der Waals surface area (Å²) in [6.07, 6.45) is 0.784. The van der Waals surface area contributed by atoms with Gasteiger partial charge in [0.25, 0.3) is 5.91 Å². The van der Waals surface area contributed by atoms with Crippen molar-refractivity contribution < 1.29 is 18.7 Å². The molecule has 1 amide bonds. The maximum absolute atomic E-state index is 12.8. The third-order valence-electron chi connectivity index (χ3n) is 2.92. The molecular formula is C13H13ClFNO3. The number of hydrogen-bond acceptors (Lipinski definition) is 3. The van der Waals surface area contributed by atoms with Gasteiger partial charge in [-0.05, 0) is 18.2 Å². The fourth-order valence-corrected chi connectivity index (χ4v) is 2.05. The summed E-state index contributed by atoms with van der Waals surface area (Å²) in [5, 5.41) is 0.127. The lowest BCUT2D eigenvalue weighted by Crippen LogP contribution is -2.41. The zero-order valence-electron chi connectivity index (χ0n) is 10.2. The summed E-state index contributed by atoms with van der Waals surface area (Å²) in [7, 11) is 0. The third-order valence-corrected chi connectivity index (χ3v) is 3.21. The van der Waals surface area contributed by atoms with Crippen molar-refractivity contribution in [3.63, 3.8) is 0 Å². The van der Waals surface area contributed by atoms with Crippen molar-refractivity contribution in [3.8, 4) is 5.75 Å². The summed E-state index contributed by atoms with van der Waals surface area (Å²) in [5.41, 5.74) is 0. The van der Waals surface area contributed by atoms with Crippen LogP contribution in [0.25, 0.3) is 0 Å². The first-order chi connectivity index (χ1) is 9.06. The number of rotatable bonds is 3. The normalized spacial score (nSPS) is 15.5. The van der Waals surface area contributed by atoms with Gasteiger partial charge in [-0.2, -0.15) is 0 Å². The van der Waals surface area contributed by atoms with Gasteiger partial charge in [0.2, 0.25) is 0 Å². The fraction of sp³-hybridized carbons (Fsp3) is 0.385. The molecule has 1 fully saturated rings. The Morgan fingerprint density at radius 3 is 2.68 bits per heavy atom. The molecule has 1 saturated heterocycles. The standard InChI is InChI=1S/C13H13ClFNO3/c14-11-7-9(15)1-2-12(11)19-8-13(18)16-5-3-10(17)4-6-16/h1-2,7H,3-6,8H2. The van der Waals surface area contributed by atoms with Crippen LogP contribution >= 0.6 is 11.6 Å². The van der Waals surface area contributed by atoms with Crippen molar-refractivity contribution in [2.24, 2.45) is 0 Å². The molecule has 0 unspecified atom stereocenters. The lowest BCUT2D eigenvalue weighted by atomic mass is 10.1. The first-order valence-corrected chi connectivity index (χ1v) is 6.31. The van der Waals surface area contributed by atoms with Crippen molar-refractivity contribution in [2.45, 2.75) is 12.8 Å². The molecule has 0 bridgehead atoms. The highest BCUT2D eigenvalue weighted by atomic mass is 35.5. The third kappa shape index (κ3) is 3.67. The van der Waals surface area contributed by atoms with Crippen LogP contribution in [-0.2, 0) is 9.59 Å². The highest BCUT2D eigenvalue weighted by molar-refractivity contribution is 6.32. The van der Waals surface area contributed by atoms with Crippen LogP contribution in [0.3, 0.4) is 0 Å². The summed E-state index contributed by atoms with van der Waals surface area (Å²) in [4.78, 5) is 24.5. The summed E-state index contributed by atoms with van der Waals surface area (Å²) < 4.78 is 18.1. The smallest absolute Gasteiger partial charge is 0.260 e. The van der Waals surface area contributed by atoms with Crippen LogP contribution in [0.5, 0.6) is 5.75 Å². The summed E-state index contributed by atoms with van der Waals surface area (Å²) in [6, 6.07) is 3.72. The van der Waals surface area contributed by atoms with Gasteiger partial charge in [0.05, 0.1) is 5.02 Å². The number of benzene rings is 1. The second kappa shape index (κ2) is 6.02. The zero-order chi connectivity index (χ0) is 13.8. The molecule has 4 nitrogen and oxygen atoms in total. The zero-order valence-corrected chi connectivity index (χ0v) is 11.0. The lowest BCUT2D eigenvalue weighted by molar-refractivity contribution is -0.136. The van der Waals surface area contributed by atoms with E-state index in [0.717, 1.165) is 6.07 Å². The topological polar surface area (TPSA) is 46.6 Å². The van der Waals surface area contributed by atoms with Crippen LogP contribution in [0.2, 0.25) is 5.02 Å². The predicted molar refractivity (Wildman–Crippen MR) is 67.7 cm³/mol. The molecule has 0 aliphatic carbocycles. The number of Topliss-reactive ketones (excluding diaryl/α,β-unsaturated/α-hetero) is 1. The molecular weight excluding hydrogens is 273 g/mol. The lowest BCUT2D eigenvalue weighted by Gasteiger charge is -2.26. The minimum atomic E-state index is -0.460. The van der Waals surface area contributed by atoms with E-state index in [-0.39, 0.29) is 29.1 Å². The molecule has 1 heterocycles. The van der Waals surface area contributed by atoms with E-state index in [9.17, 15) is 14.0 Å². The second-order valence-corrected chi connectivity index (χ2v) is 4.69. The molecule has 1 aromatic carbocycles. The van der Waals surface area contributed by atoms with Crippen LogP contribution in [-0.4, -0.2) is 36.3 Å². The fourth-order valence-electron chi connectivity index (χ4n) is 1.83. The van der Waals surface area contributed by atoms with Gasteiger partial charge in [-0.15, -0.1) is 0 Å². The van der Waals surface area contributed by atoms with Crippen molar-refractivity contribution in [1.29, 1.82) is 0 Å². The van der Waals surface area contributed by atoms with Gasteiger partial charge in [0.1, 0.15) is 17.3 Å². The SMILES string of the molecule is O=C1CCN(C(=O)COc2ccc(F)cc2Cl)CC1. The van der Waals surface area contributed by atoms with Gasteiger partial charge in [-0.1, -0.05) is 11.6 Å². The molecule has 1 aliphatic heterocycles. The molecule has 102 valence electrons. The minimum absolute atomic E-state index is 0.127. The quantitative estimate of drug-likeness (QED) is 0.854. The molecule has 0 atom stereocenters. The van der Waals surface area contributed by atoms with Crippen LogP contribution in [0.4, 0.5) is 4.39 Å². The second-order valence-electron chi connectivity index (χ2n) is 4.28.